The van der Waals surface area contributed by atoms with E-state index in [1.54, 1.807) is 11.4 Å². The highest BCUT2D eigenvalue weighted by atomic mass is 32.2. The molecule has 1 saturated heterocycles. The molecule has 0 spiro atoms. The zero-order chi connectivity index (χ0) is 11.6. The van der Waals surface area contributed by atoms with Crippen molar-refractivity contribution in [2.75, 3.05) is 25.9 Å². The lowest BCUT2D eigenvalue weighted by Crippen LogP contribution is -2.40. The number of sulfonamides is 1. The summed E-state index contributed by atoms with van der Waals surface area (Å²) in [5, 5.41) is 3.21. The van der Waals surface area contributed by atoms with Gasteiger partial charge in [0.25, 0.3) is 0 Å². The quantitative estimate of drug-likeness (QED) is 0.798. The lowest BCUT2D eigenvalue weighted by Gasteiger charge is -2.24. The molecule has 0 aromatic carbocycles. The minimum Gasteiger partial charge on any atom is -0.315 e. The first-order valence-corrected chi connectivity index (χ1v) is 7.87. The maximum atomic E-state index is 12.2. The van der Waals surface area contributed by atoms with Crippen molar-refractivity contribution in [3.8, 4) is 0 Å². The van der Waals surface area contributed by atoms with Crippen molar-refractivity contribution >= 4 is 10.0 Å². The van der Waals surface area contributed by atoms with Crippen molar-refractivity contribution in [2.24, 2.45) is 5.92 Å². The first kappa shape index (κ1) is 12.3. The van der Waals surface area contributed by atoms with Crippen molar-refractivity contribution in [3.63, 3.8) is 0 Å². The van der Waals surface area contributed by atoms with Gasteiger partial charge in [-0.25, -0.2) is 12.7 Å². The average Bonchev–Trinajstić information content (AvgIpc) is 2.86. The number of nitrogens with one attached hydrogen (secondary N) is 1. The molecule has 0 aromatic rings. The summed E-state index contributed by atoms with van der Waals surface area (Å²) in [6.45, 7) is 1.74. The zero-order valence-corrected chi connectivity index (χ0v) is 10.8. The van der Waals surface area contributed by atoms with Crippen LogP contribution < -0.4 is 5.32 Å². The maximum Gasteiger partial charge on any atom is 0.214 e. The van der Waals surface area contributed by atoms with E-state index >= 15 is 0 Å². The molecule has 0 aromatic heterocycles. The Bertz CT molecular complexity index is 317. The Kier molecular flexibility index (Phi) is 3.87. The van der Waals surface area contributed by atoms with Crippen LogP contribution in [-0.4, -0.2) is 44.7 Å². The first-order valence-electron chi connectivity index (χ1n) is 6.26. The van der Waals surface area contributed by atoms with E-state index in [0.29, 0.717) is 11.7 Å². The number of likely N-dealkylation sites (N-methyl/N-ethyl adjacent to an activating group) is 1. The normalized spacial score (nSPS) is 28.0. The third-order valence-electron chi connectivity index (χ3n) is 3.91. The second-order valence-electron chi connectivity index (χ2n) is 5.09. The van der Waals surface area contributed by atoms with Crippen LogP contribution in [0.1, 0.15) is 32.1 Å². The maximum absolute atomic E-state index is 12.2. The van der Waals surface area contributed by atoms with Gasteiger partial charge < -0.3 is 5.32 Å². The van der Waals surface area contributed by atoms with E-state index in [2.05, 4.69) is 5.32 Å². The second kappa shape index (κ2) is 5.02. The third kappa shape index (κ3) is 2.76. The summed E-state index contributed by atoms with van der Waals surface area (Å²) in [7, 11) is -1.30. The van der Waals surface area contributed by atoms with E-state index in [4.69, 9.17) is 0 Å². The van der Waals surface area contributed by atoms with E-state index < -0.39 is 10.0 Å². The van der Waals surface area contributed by atoms with E-state index in [1.807, 2.05) is 0 Å². The Morgan fingerprint density at radius 1 is 1.25 bits per heavy atom. The highest BCUT2D eigenvalue weighted by Crippen LogP contribution is 2.27. The Morgan fingerprint density at radius 2 is 1.94 bits per heavy atom. The van der Waals surface area contributed by atoms with Gasteiger partial charge in [0.15, 0.2) is 0 Å². The predicted octanol–water partition coefficient (Wildman–Crippen LogP) is 0.800. The lowest BCUT2D eigenvalue weighted by molar-refractivity contribution is 0.382. The highest BCUT2D eigenvalue weighted by Gasteiger charge is 2.31. The van der Waals surface area contributed by atoms with Gasteiger partial charge in [-0.2, -0.15) is 0 Å². The molecule has 1 saturated carbocycles. The monoisotopic (exact) mass is 246 g/mol. The molecule has 16 heavy (non-hydrogen) atoms. The summed E-state index contributed by atoms with van der Waals surface area (Å²) >= 11 is 0. The summed E-state index contributed by atoms with van der Waals surface area (Å²) in [4.78, 5) is 0. The SMILES string of the molecule is CN(C1CCNC1)S(=O)(=O)CC1CCCC1. The molecule has 0 radical (unpaired) electrons. The van der Waals surface area contributed by atoms with E-state index in [9.17, 15) is 8.42 Å². The van der Waals surface area contributed by atoms with Gasteiger partial charge in [-0.05, 0) is 31.7 Å². The fourth-order valence-corrected chi connectivity index (χ4v) is 4.57. The predicted molar refractivity (Wildman–Crippen MR) is 64.8 cm³/mol. The van der Waals surface area contributed by atoms with Crippen LogP contribution in [0.5, 0.6) is 0 Å². The van der Waals surface area contributed by atoms with Gasteiger partial charge in [0, 0.05) is 19.6 Å². The summed E-state index contributed by atoms with van der Waals surface area (Å²) in [6.07, 6.45) is 5.54. The number of hydrogen-bond donors (Lipinski definition) is 1. The van der Waals surface area contributed by atoms with Gasteiger partial charge in [0.05, 0.1) is 5.75 Å². The van der Waals surface area contributed by atoms with Crippen LogP contribution in [0, 0.1) is 5.92 Å². The summed E-state index contributed by atoms with van der Waals surface area (Å²) in [5.74, 6) is 0.766. The Morgan fingerprint density at radius 3 is 2.50 bits per heavy atom. The van der Waals surface area contributed by atoms with Crippen LogP contribution in [0.15, 0.2) is 0 Å². The second-order valence-corrected chi connectivity index (χ2v) is 7.16. The molecular formula is C11H22N2O2S. The van der Waals surface area contributed by atoms with E-state index in [0.717, 1.165) is 32.4 Å². The van der Waals surface area contributed by atoms with Crippen LogP contribution in [0.25, 0.3) is 0 Å². The minimum absolute atomic E-state index is 0.173. The molecule has 1 aliphatic heterocycles. The molecule has 1 heterocycles. The molecular weight excluding hydrogens is 224 g/mol. The van der Waals surface area contributed by atoms with Gasteiger partial charge in [0.1, 0.15) is 0 Å². The van der Waals surface area contributed by atoms with Gasteiger partial charge >= 0.3 is 0 Å². The summed E-state index contributed by atoms with van der Waals surface area (Å²) in [6, 6.07) is 0.173. The topological polar surface area (TPSA) is 49.4 Å². The fraction of sp³-hybridized carbons (Fsp3) is 1.00. The fourth-order valence-electron chi connectivity index (χ4n) is 2.77. The standard InChI is InChI=1S/C11H22N2O2S/c1-13(11-6-7-12-8-11)16(14,15)9-10-4-2-3-5-10/h10-12H,2-9H2,1H3. The average molecular weight is 246 g/mol. The van der Waals surface area contributed by atoms with Gasteiger partial charge in [0.2, 0.25) is 10.0 Å². The van der Waals surface area contributed by atoms with Crippen LogP contribution >= 0.6 is 0 Å². The van der Waals surface area contributed by atoms with Crippen molar-refractivity contribution in [2.45, 2.75) is 38.1 Å². The van der Waals surface area contributed by atoms with E-state index in [1.165, 1.54) is 12.8 Å². The molecule has 1 N–H and O–H groups in total. The Hall–Kier alpha value is -0.130. The van der Waals surface area contributed by atoms with Crippen molar-refractivity contribution in [1.82, 2.24) is 9.62 Å². The Labute approximate surface area is 98.4 Å². The molecule has 2 aliphatic rings. The van der Waals surface area contributed by atoms with Crippen molar-refractivity contribution in [3.05, 3.63) is 0 Å². The molecule has 2 fully saturated rings. The van der Waals surface area contributed by atoms with Crippen molar-refractivity contribution in [1.29, 1.82) is 0 Å². The molecule has 1 unspecified atom stereocenters. The molecule has 0 amide bonds. The van der Waals surface area contributed by atoms with Gasteiger partial charge in [-0.15, -0.1) is 0 Å². The molecule has 2 rings (SSSR count). The van der Waals surface area contributed by atoms with Crippen LogP contribution in [-0.2, 0) is 10.0 Å². The van der Waals surface area contributed by atoms with Crippen molar-refractivity contribution < 1.29 is 8.42 Å². The molecule has 5 heteroatoms. The molecule has 1 aliphatic carbocycles. The summed E-state index contributed by atoms with van der Waals surface area (Å²) in [5.41, 5.74) is 0. The van der Waals surface area contributed by atoms with Crippen LogP contribution in [0.4, 0.5) is 0 Å². The molecule has 94 valence electrons. The Balaban J connectivity index is 1.94. The summed E-state index contributed by atoms with van der Waals surface area (Å²) < 4.78 is 25.9. The van der Waals surface area contributed by atoms with Crippen LogP contribution in [0.2, 0.25) is 0 Å². The minimum atomic E-state index is -3.03. The largest absolute Gasteiger partial charge is 0.315 e. The molecule has 4 nitrogen and oxygen atoms in total. The molecule has 0 bridgehead atoms. The highest BCUT2D eigenvalue weighted by molar-refractivity contribution is 7.89. The number of hydrogen-bond acceptors (Lipinski definition) is 3. The number of rotatable bonds is 4. The van der Waals surface area contributed by atoms with Crippen LogP contribution in [0.3, 0.4) is 0 Å². The lowest BCUT2D eigenvalue weighted by atomic mass is 10.1. The molecule has 1 atom stereocenters. The zero-order valence-electron chi connectivity index (χ0n) is 9.98. The van der Waals surface area contributed by atoms with E-state index in [-0.39, 0.29) is 6.04 Å². The first-order chi connectivity index (χ1) is 7.59. The number of nitrogens with zero attached hydrogens (tertiary/aromatic N) is 1. The smallest absolute Gasteiger partial charge is 0.214 e. The van der Waals surface area contributed by atoms with Gasteiger partial charge in [-0.1, -0.05) is 12.8 Å². The third-order valence-corrected chi connectivity index (χ3v) is 5.98. The van der Waals surface area contributed by atoms with Gasteiger partial charge in [-0.3, -0.25) is 0 Å².